The summed E-state index contributed by atoms with van der Waals surface area (Å²) in [6.07, 6.45) is 2.39. The third-order valence-corrected chi connectivity index (χ3v) is 9.07. The van der Waals surface area contributed by atoms with Crippen molar-refractivity contribution >= 4 is 41.1 Å². The fourth-order valence-electron chi connectivity index (χ4n) is 2.79. The van der Waals surface area contributed by atoms with E-state index < -0.39 is 8.32 Å². The van der Waals surface area contributed by atoms with E-state index in [2.05, 4.69) is 79.2 Å². The summed E-state index contributed by atoms with van der Waals surface area (Å²) < 4.78 is 6.61. The van der Waals surface area contributed by atoms with Crippen LogP contribution in [0.5, 0.6) is 0 Å². The fraction of sp³-hybridized carbons (Fsp3) is 0.333. The van der Waals surface area contributed by atoms with Gasteiger partial charge in [0.25, 0.3) is 8.32 Å². The van der Waals surface area contributed by atoms with Gasteiger partial charge in [0.1, 0.15) is 0 Å². The van der Waals surface area contributed by atoms with Crippen molar-refractivity contribution < 1.29 is 4.43 Å². The molecule has 22 heavy (non-hydrogen) atoms. The van der Waals surface area contributed by atoms with Crippen molar-refractivity contribution in [2.75, 3.05) is 12.4 Å². The number of hydrogen-bond acceptors (Lipinski definition) is 3. The molecule has 0 saturated carbocycles. The second-order valence-electron chi connectivity index (χ2n) is 5.34. The van der Waals surface area contributed by atoms with Crippen molar-refractivity contribution in [2.45, 2.75) is 25.8 Å². The number of unbranched alkanes of at least 4 members (excludes halogenated alkanes) is 1. The van der Waals surface area contributed by atoms with Crippen molar-refractivity contribution in [2.24, 2.45) is 0 Å². The molecular formula is C18H24OS2Si. The summed E-state index contributed by atoms with van der Waals surface area (Å²) in [7, 11) is -0.605. The van der Waals surface area contributed by atoms with Crippen molar-refractivity contribution in [3.8, 4) is 0 Å². The van der Waals surface area contributed by atoms with E-state index in [9.17, 15) is 0 Å². The van der Waals surface area contributed by atoms with Gasteiger partial charge in [0.2, 0.25) is 0 Å². The van der Waals surface area contributed by atoms with Crippen molar-refractivity contribution in [3.63, 3.8) is 0 Å². The van der Waals surface area contributed by atoms with Gasteiger partial charge < -0.3 is 4.43 Å². The summed E-state index contributed by atoms with van der Waals surface area (Å²) in [5, 5.41) is 2.75. The highest BCUT2D eigenvalue weighted by Crippen LogP contribution is 2.18. The van der Waals surface area contributed by atoms with Crippen LogP contribution in [0.15, 0.2) is 60.7 Å². The largest absolute Gasteiger partial charge is 0.407 e. The third-order valence-electron chi connectivity index (χ3n) is 3.89. The minimum absolute atomic E-state index is 0.758. The van der Waals surface area contributed by atoms with Gasteiger partial charge in [-0.15, -0.1) is 11.7 Å². The second-order valence-corrected chi connectivity index (χ2v) is 10.4. The minimum atomic E-state index is -2.15. The minimum Gasteiger partial charge on any atom is -0.407 e. The topological polar surface area (TPSA) is 9.23 Å². The monoisotopic (exact) mass is 348 g/mol. The molecule has 2 rings (SSSR count). The van der Waals surface area contributed by atoms with Crippen LogP contribution in [0.4, 0.5) is 0 Å². The lowest BCUT2D eigenvalue weighted by Gasteiger charge is -2.32. The maximum Gasteiger partial charge on any atom is 0.255 e. The van der Waals surface area contributed by atoms with Crippen LogP contribution in [0, 0.1) is 0 Å². The summed E-state index contributed by atoms with van der Waals surface area (Å²) in [4.78, 5) is 0. The molecule has 0 spiro atoms. The Morgan fingerprint density at radius 2 is 1.50 bits per heavy atom. The molecule has 0 atom stereocenters. The molecule has 0 aliphatic carbocycles. The predicted molar refractivity (Wildman–Crippen MR) is 105 cm³/mol. The fourth-order valence-corrected chi connectivity index (χ4v) is 7.47. The van der Waals surface area contributed by atoms with E-state index in [0.717, 1.165) is 18.4 Å². The smallest absolute Gasteiger partial charge is 0.255 e. The van der Waals surface area contributed by atoms with E-state index in [1.54, 1.807) is 10.8 Å². The first-order valence-corrected chi connectivity index (χ1v) is 12.0. The molecular weight excluding hydrogens is 324 g/mol. The SMILES string of the molecule is CCCC[Si](OCCSS)(c1ccccc1)c1ccccc1. The average Bonchev–Trinajstić information content (AvgIpc) is 2.60. The summed E-state index contributed by atoms with van der Waals surface area (Å²) in [5.41, 5.74) is 0. The Kier molecular flexibility index (Phi) is 7.59. The molecule has 4 heteroatoms. The Morgan fingerprint density at radius 1 is 0.955 bits per heavy atom. The molecule has 0 fully saturated rings. The lowest BCUT2D eigenvalue weighted by molar-refractivity contribution is 0.341. The van der Waals surface area contributed by atoms with Gasteiger partial charge in [0, 0.05) is 12.4 Å². The first-order chi connectivity index (χ1) is 10.8. The van der Waals surface area contributed by atoms with Gasteiger partial charge in [-0.25, -0.2) is 0 Å². The molecule has 0 heterocycles. The first-order valence-electron chi connectivity index (χ1n) is 7.85. The number of benzene rings is 2. The van der Waals surface area contributed by atoms with Crippen LogP contribution in [0.25, 0.3) is 0 Å². The van der Waals surface area contributed by atoms with Crippen LogP contribution in [-0.2, 0) is 4.43 Å². The Bertz CT molecular complexity index is 494. The Labute approximate surface area is 144 Å². The Morgan fingerprint density at radius 3 is 1.95 bits per heavy atom. The second kappa shape index (κ2) is 9.45. The molecule has 0 bridgehead atoms. The summed E-state index contributed by atoms with van der Waals surface area (Å²) in [6.45, 7) is 3.01. The quantitative estimate of drug-likeness (QED) is 0.316. The van der Waals surface area contributed by atoms with Crippen molar-refractivity contribution in [3.05, 3.63) is 60.7 Å². The van der Waals surface area contributed by atoms with Gasteiger partial charge in [0.05, 0.1) is 0 Å². The highest BCUT2D eigenvalue weighted by molar-refractivity contribution is 8.68. The molecule has 2 aromatic carbocycles. The number of thiol groups is 1. The van der Waals surface area contributed by atoms with E-state index in [1.807, 2.05) is 0 Å². The van der Waals surface area contributed by atoms with E-state index in [0.29, 0.717) is 0 Å². The molecule has 0 radical (unpaired) electrons. The van der Waals surface area contributed by atoms with Crippen molar-refractivity contribution in [1.29, 1.82) is 0 Å². The van der Waals surface area contributed by atoms with E-state index >= 15 is 0 Å². The molecule has 0 unspecified atom stereocenters. The van der Waals surface area contributed by atoms with E-state index in [4.69, 9.17) is 4.43 Å². The van der Waals surface area contributed by atoms with Gasteiger partial charge in [-0.1, -0.05) is 91.2 Å². The molecule has 1 nitrogen and oxygen atoms in total. The molecule has 0 saturated heterocycles. The molecule has 2 aromatic rings. The van der Waals surface area contributed by atoms with Crippen molar-refractivity contribution in [1.82, 2.24) is 0 Å². The standard InChI is InChI=1S/C18H24OS2Si/c1-2-3-16-22(19-14-15-21-20,17-10-6-4-7-11-17)18-12-8-5-9-13-18/h4-13,20H,2-3,14-16H2,1H3. The van der Waals surface area contributed by atoms with E-state index in [1.165, 1.54) is 23.2 Å². The van der Waals surface area contributed by atoms with Crippen LogP contribution in [0.2, 0.25) is 6.04 Å². The van der Waals surface area contributed by atoms with Gasteiger partial charge >= 0.3 is 0 Å². The van der Waals surface area contributed by atoms with Crippen LogP contribution in [0.1, 0.15) is 19.8 Å². The summed E-state index contributed by atoms with van der Waals surface area (Å²) >= 11 is 4.25. The zero-order valence-corrected chi connectivity index (χ0v) is 15.8. The van der Waals surface area contributed by atoms with E-state index in [-0.39, 0.29) is 0 Å². The maximum absolute atomic E-state index is 6.61. The summed E-state index contributed by atoms with van der Waals surface area (Å²) in [5.74, 6) is 0.920. The zero-order valence-electron chi connectivity index (χ0n) is 13.1. The number of hydrogen-bond donors (Lipinski definition) is 1. The number of rotatable bonds is 9. The molecule has 0 amide bonds. The normalized spacial score (nSPS) is 11.5. The first kappa shape index (κ1) is 17.7. The lowest BCUT2D eigenvalue weighted by Crippen LogP contribution is -2.61. The molecule has 118 valence electrons. The average molecular weight is 349 g/mol. The van der Waals surface area contributed by atoms with Crippen LogP contribution in [0.3, 0.4) is 0 Å². The van der Waals surface area contributed by atoms with Gasteiger partial charge in [0.15, 0.2) is 0 Å². The molecule has 0 aliphatic heterocycles. The summed E-state index contributed by atoms with van der Waals surface area (Å²) in [6, 6.07) is 22.8. The lowest BCUT2D eigenvalue weighted by atomic mass is 10.4. The van der Waals surface area contributed by atoms with Gasteiger partial charge in [-0.2, -0.15) is 0 Å². The highest BCUT2D eigenvalue weighted by Gasteiger charge is 2.38. The Balaban J connectivity index is 2.43. The third kappa shape index (κ3) is 4.41. The maximum atomic E-state index is 6.61. The highest BCUT2D eigenvalue weighted by atomic mass is 33.1. The zero-order chi connectivity index (χ0) is 15.7. The van der Waals surface area contributed by atoms with Gasteiger partial charge in [-0.3, -0.25) is 0 Å². The molecule has 0 aliphatic rings. The van der Waals surface area contributed by atoms with Crippen LogP contribution in [-0.4, -0.2) is 20.7 Å². The van der Waals surface area contributed by atoms with Crippen LogP contribution < -0.4 is 10.4 Å². The molecule has 0 N–H and O–H groups in total. The Hall–Kier alpha value is -0.683. The van der Waals surface area contributed by atoms with Crippen LogP contribution >= 0.6 is 22.5 Å². The van der Waals surface area contributed by atoms with Gasteiger partial charge in [-0.05, 0) is 16.4 Å². The molecule has 0 aromatic heterocycles. The predicted octanol–water partition coefficient (Wildman–Crippen LogP) is 4.14.